The van der Waals surface area contributed by atoms with Crippen LogP contribution in [-0.4, -0.2) is 59.9 Å². The summed E-state index contributed by atoms with van der Waals surface area (Å²) in [5.74, 6) is 1.10. The lowest BCUT2D eigenvalue weighted by Gasteiger charge is -2.37. The summed E-state index contributed by atoms with van der Waals surface area (Å²) < 4.78 is 22.8. The van der Waals surface area contributed by atoms with Crippen LogP contribution in [-0.2, 0) is 22.7 Å². The van der Waals surface area contributed by atoms with Crippen LogP contribution < -0.4 is 14.2 Å². The molecule has 1 fully saturated rings. The monoisotopic (exact) mass is 498 g/mol. The molecule has 1 aromatic heterocycles. The molecule has 0 amide bonds. The highest BCUT2D eigenvalue weighted by atomic mass is 16.6. The van der Waals surface area contributed by atoms with E-state index in [1.807, 2.05) is 19.9 Å². The molecular weight excluding hydrogens is 460 g/mol. The second kappa shape index (κ2) is 11.2. The molecule has 2 aliphatic rings. The minimum absolute atomic E-state index is 0.266. The van der Waals surface area contributed by atoms with E-state index in [2.05, 4.69) is 16.0 Å². The van der Waals surface area contributed by atoms with Crippen molar-refractivity contribution >= 4 is 5.97 Å². The summed E-state index contributed by atoms with van der Waals surface area (Å²) in [5.41, 5.74) is 3.26. The Morgan fingerprint density at radius 1 is 1.17 bits per heavy atom. The Morgan fingerprint density at radius 3 is 2.56 bits per heavy atom. The quantitative estimate of drug-likeness (QED) is 0.514. The number of hydrogen-bond donors (Lipinski definition) is 1. The molecule has 36 heavy (non-hydrogen) atoms. The number of aromatic nitrogens is 1. The van der Waals surface area contributed by atoms with Crippen molar-refractivity contribution in [1.82, 2.24) is 9.88 Å². The first-order valence-corrected chi connectivity index (χ1v) is 12.7. The molecule has 1 aromatic carbocycles. The van der Waals surface area contributed by atoms with E-state index in [0.717, 1.165) is 60.5 Å². The van der Waals surface area contributed by atoms with Crippen molar-refractivity contribution < 1.29 is 28.8 Å². The van der Waals surface area contributed by atoms with Gasteiger partial charge in [0, 0.05) is 23.9 Å². The number of aliphatic hydroxyl groups is 1. The largest absolute Gasteiger partial charge is 0.492 e. The number of esters is 1. The number of likely N-dealkylation sites (tertiary alicyclic amines) is 1. The van der Waals surface area contributed by atoms with Crippen LogP contribution in [0.15, 0.2) is 24.4 Å². The zero-order valence-corrected chi connectivity index (χ0v) is 22.0. The number of methoxy groups -OCH3 is 1. The average Bonchev–Trinajstić information content (AvgIpc) is 3.32. The fraction of sp³-hybridized carbons (Fsp3) is 0.571. The van der Waals surface area contributed by atoms with Gasteiger partial charge in [-0.05, 0) is 75.0 Å². The third-order valence-electron chi connectivity index (χ3n) is 7.08. The summed E-state index contributed by atoms with van der Waals surface area (Å²) in [6.07, 6.45) is 3.70. The Bertz CT molecular complexity index is 1070. The van der Waals surface area contributed by atoms with Gasteiger partial charge in [-0.3, -0.25) is 9.69 Å². The van der Waals surface area contributed by atoms with Crippen molar-refractivity contribution in [1.29, 1.82) is 0 Å². The van der Waals surface area contributed by atoms with Crippen LogP contribution in [0, 0.1) is 11.8 Å². The maximum Gasteiger partial charge on any atom is 0.313 e. The number of rotatable bonds is 9. The number of hydrogen-bond acceptors (Lipinski definition) is 8. The van der Waals surface area contributed by atoms with Crippen molar-refractivity contribution in [2.24, 2.45) is 11.8 Å². The van der Waals surface area contributed by atoms with Gasteiger partial charge in [-0.25, -0.2) is 4.98 Å². The van der Waals surface area contributed by atoms with E-state index < -0.39 is 5.60 Å². The van der Waals surface area contributed by atoms with Crippen LogP contribution in [0.5, 0.6) is 17.4 Å². The molecule has 0 unspecified atom stereocenters. The van der Waals surface area contributed by atoms with Crippen LogP contribution >= 0.6 is 0 Å². The lowest BCUT2D eigenvalue weighted by molar-refractivity contribution is -0.137. The highest BCUT2D eigenvalue weighted by Gasteiger charge is 2.30. The zero-order chi connectivity index (χ0) is 25.9. The van der Waals surface area contributed by atoms with Gasteiger partial charge in [-0.2, -0.15) is 0 Å². The van der Waals surface area contributed by atoms with Crippen molar-refractivity contribution in [3.8, 4) is 28.5 Å². The molecule has 0 saturated carbocycles. The molecule has 8 nitrogen and oxygen atoms in total. The van der Waals surface area contributed by atoms with Gasteiger partial charge in [0.25, 0.3) is 5.88 Å². The SMILES string of the molecule is COc1ncc(-c2cc3c(c(OCCN4CCC(C(C)(C)O)CC4)c2)COC3)cc1OC(=O)C(C)C. The van der Waals surface area contributed by atoms with Crippen molar-refractivity contribution in [3.63, 3.8) is 0 Å². The van der Waals surface area contributed by atoms with E-state index in [4.69, 9.17) is 18.9 Å². The Kier molecular flexibility index (Phi) is 8.17. The number of ether oxygens (including phenoxy) is 4. The molecule has 0 bridgehead atoms. The van der Waals surface area contributed by atoms with Crippen molar-refractivity contribution in [2.45, 2.75) is 59.4 Å². The third kappa shape index (κ3) is 6.17. The average molecular weight is 499 g/mol. The number of carbonyl (C=O) groups is 1. The molecule has 2 aliphatic heterocycles. The van der Waals surface area contributed by atoms with E-state index >= 15 is 0 Å². The van der Waals surface area contributed by atoms with Crippen LogP contribution in [0.1, 0.15) is 51.7 Å². The van der Waals surface area contributed by atoms with Gasteiger partial charge in [-0.15, -0.1) is 0 Å². The van der Waals surface area contributed by atoms with Gasteiger partial charge in [0.15, 0.2) is 5.75 Å². The Labute approximate surface area is 213 Å². The van der Waals surface area contributed by atoms with E-state index in [9.17, 15) is 9.90 Å². The van der Waals surface area contributed by atoms with Crippen LogP contribution in [0.3, 0.4) is 0 Å². The first-order chi connectivity index (χ1) is 17.2. The molecule has 3 heterocycles. The zero-order valence-electron chi connectivity index (χ0n) is 22.0. The predicted octanol–water partition coefficient (Wildman–Crippen LogP) is 4.21. The first kappa shape index (κ1) is 26.4. The van der Waals surface area contributed by atoms with Gasteiger partial charge in [0.1, 0.15) is 12.4 Å². The van der Waals surface area contributed by atoms with Gasteiger partial charge < -0.3 is 24.1 Å². The molecule has 0 atom stereocenters. The number of fused-ring (bicyclic) bond motifs is 1. The fourth-order valence-corrected chi connectivity index (χ4v) is 4.74. The second-order valence-corrected chi connectivity index (χ2v) is 10.5. The van der Waals surface area contributed by atoms with E-state index in [-0.39, 0.29) is 17.8 Å². The third-order valence-corrected chi connectivity index (χ3v) is 7.08. The van der Waals surface area contributed by atoms with E-state index in [1.165, 1.54) is 7.11 Å². The fourth-order valence-electron chi connectivity index (χ4n) is 4.74. The van der Waals surface area contributed by atoms with E-state index in [1.54, 1.807) is 26.1 Å². The highest BCUT2D eigenvalue weighted by Crippen LogP contribution is 2.37. The molecule has 196 valence electrons. The van der Waals surface area contributed by atoms with Crippen molar-refractivity contribution in [3.05, 3.63) is 35.5 Å². The van der Waals surface area contributed by atoms with Crippen LogP contribution in [0.4, 0.5) is 0 Å². The summed E-state index contributed by atoms with van der Waals surface area (Å²) in [5, 5.41) is 10.3. The Morgan fingerprint density at radius 2 is 1.89 bits per heavy atom. The molecule has 2 aromatic rings. The number of pyridine rings is 1. The number of nitrogens with zero attached hydrogens (tertiary/aromatic N) is 2. The predicted molar refractivity (Wildman–Crippen MR) is 136 cm³/mol. The summed E-state index contributed by atoms with van der Waals surface area (Å²) in [6, 6.07) is 5.86. The normalized spacial score (nSPS) is 16.8. The minimum atomic E-state index is -0.618. The molecule has 1 saturated heterocycles. The molecular formula is C28H38N2O6. The lowest BCUT2D eigenvalue weighted by atomic mass is 9.83. The summed E-state index contributed by atoms with van der Waals surface area (Å²) in [4.78, 5) is 18.9. The Hall–Kier alpha value is -2.68. The molecule has 8 heteroatoms. The summed E-state index contributed by atoms with van der Waals surface area (Å²) in [6.45, 7) is 11.8. The maximum atomic E-state index is 12.2. The first-order valence-electron chi connectivity index (χ1n) is 12.7. The molecule has 0 aliphatic carbocycles. The molecule has 1 N–H and O–H groups in total. The molecule has 0 spiro atoms. The Balaban J connectivity index is 1.47. The molecule has 0 radical (unpaired) electrons. The van der Waals surface area contributed by atoms with Gasteiger partial charge in [-0.1, -0.05) is 13.8 Å². The van der Waals surface area contributed by atoms with Gasteiger partial charge in [0.05, 0.1) is 31.8 Å². The second-order valence-electron chi connectivity index (χ2n) is 10.5. The molecule has 4 rings (SSSR count). The lowest BCUT2D eigenvalue weighted by Crippen LogP contribution is -2.43. The van der Waals surface area contributed by atoms with Crippen LogP contribution in [0.25, 0.3) is 11.1 Å². The number of carbonyl (C=O) groups excluding carboxylic acids is 1. The standard InChI is InChI=1S/C28H38N2O6/c1-18(2)27(31)36-25-14-20(15-29-26(25)33-5)19-12-21-16-34-17-23(21)24(13-19)35-11-10-30-8-6-22(7-9-30)28(3,4)32/h12-15,18,22,32H,6-11,16-17H2,1-5H3. The smallest absolute Gasteiger partial charge is 0.313 e. The van der Waals surface area contributed by atoms with Gasteiger partial charge in [0.2, 0.25) is 0 Å². The number of benzene rings is 1. The van der Waals surface area contributed by atoms with E-state index in [0.29, 0.717) is 31.5 Å². The van der Waals surface area contributed by atoms with Crippen molar-refractivity contribution in [2.75, 3.05) is 33.4 Å². The highest BCUT2D eigenvalue weighted by molar-refractivity contribution is 5.76. The number of piperidine rings is 1. The van der Waals surface area contributed by atoms with Gasteiger partial charge >= 0.3 is 5.97 Å². The summed E-state index contributed by atoms with van der Waals surface area (Å²) >= 11 is 0. The maximum absolute atomic E-state index is 12.2. The minimum Gasteiger partial charge on any atom is -0.492 e. The summed E-state index contributed by atoms with van der Waals surface area (Å²) in [7, 11) is 1.50. The topological polar surface area (TPSA) is 90.4 Å². The van der Waals surface area contributed by atoms with Crippen LogP contribution in [0.2, 0.25) is 0 Å².